The van der Waals surface area contributed by atoms with Gasteiger partial charge < -0.3 is 4.74 Å². The van der Waals surface area contributed by atoms with Crippen molar-refractivity contribution in [3.05, 3.63) is 65.7 Å². The van der Waals surface area contributed by atoms with E-state index in [1.807, 2.05) is 4.90 Å². The third kappa shape index (κ3) is 4.62. The zero-order chi connectivity index (χ0) is 23.9. The number of rotatable bonds is 5. The van der Waals surface area contributed by atoms with Gasteiger partial charge in [0.05, 0.1) is 11.5 Å². The lowest BCUT2D eigenvalue weighted by molar-refractivity contribution is -0.0931. The number of likely N-dealkylation sites (tertiary alicyclic amines) is 1. The van der Waals surface area contributed by atoms with Crippen LogP contribution in [0.1, 0.15) is 42.5 Å². The number of benzene rings is 2. The highest BCUT2D eigenvalue weighted by molar-refractivity contribution is 7.93. The Hall–Kier alpha value is -2.70. The summed E-state index contributed by atoms with van der Waals surface area (Å²) in [6.07, 6.45) is 1.16. The Balaban J connectivity index is 1.46. The summed E-state index contributed by atoms with van der Waals surface area (Å²) in [7, 11) is -3.90. The van der Waals surface area contributed by atoms with Crippen molar-refractivity contribution in [3.63, 3.8) is 0 Å². The van der Waals surface area contributed by atoms with E-state index in [0.717, 1.165) is 17.1 Å². The smallest absolute Gasteiger partial charge is 0.263 e. The summed E-state index contributed by atoms with van der Waals surface area (Å²) in [5, 5.41) is 0.146. The van der Waals surface area contributed by atoms with Gasteiger partial charge in [0, 0.05) is 61.1 Å². The molecule has 0 aliphatic carbocycles. The molecule has 2 atom stereocenters. The first-order chi connectivity index (χ1) is 16.2. The number of hydrogen-bond acceptors (Lipinski definition) is 7. The minimum Gasteiger partial charge on any atom is -0.493 e. The number of ether oxygens (including phenoxy) is 1. The predicted octanol–water partition coefficient (Wildman–Crippen LogP) is 4.77. The summed E-state index contributed by atoms with van der Waals surface area (Å²) in [6, 6.07) is 9.37. The van der Waals surface area contributed by atoms with Crippen molar-refractivity contribution < 1.29 is 26.3 Å². The molecule has 7 nitrogen and oxygen atoms in total. The Morgan fingerprint density at radius 1 is 1.15 bits per heavy atom. The van der Waals surface area contributed by atoms with Gasteiger partial charge in [-0.1, -0.05) is 18.2 Å². The average Bonchev–Trinajstić information content (AvgIpc) is 3.31. The Morgan fingerprint density at radius 3 is 2.68 bits per heavy atom. The van der Waals surface area contributed by atoms with E-state index in [1.54, 1.807) is 18.2 Å². The lowest BCUT2D eigenvalue weighted by Gasteiger charge is -2.45. The molecule has 5 rings (SSSR count). The van der Waals surface area contributed by atoms with Gasteiger partial charge in [0.2, 0.25) is 5.13 Å². The van der Waals surface area contributed by atoms with Gasteiger partial charge in [-0.15, -0.1) is 0 Å². The van der Waals surface area contributed by atoms with Crippen LogP contribution in [0.3, 0.4) is 0 Å². The average molecular weight is 511 g/mol. The normalized spacial score (nSPS) is 22.6. The predicted molar refractivity (Wildman–Crippen MR) is 120 cm³/mol. The van der Waals surface area contributed by atoms with Crippen LogP contribution in [0.4, 0.5) is 18.3 Å². The molecule has 1 N–H and O–H groups in total. The molecular weight excluding hydrogens is 489 g/mol. The van der Waals surface area contributed by atoms with E-state index >= 15 is 0 Å². The highest BCUT2D eigenvalue weighted by Crippen LogP contribution is 2.47. The molecule has 3 heterocycles. The van der Waals surface area contributed by atoms with Crippen LogP contribution in [-0.4, -0.2) is 41.7 Å². The maximum atomic E-state index is 14.4. The van der Waals surface area contributed by atoms with E-state index in [1.165, 1.54) is 30.6 Å². The van der Waals surface area contributed by atoms with E-state index in [2.05, 4.69) is 14.1 Å². The number of hydrogen-bond donors (Lipinski definition) is 1. The van der Waals surface area contributed by atoms with Gasteiger partial charge in [-0.25, -0.2) is 26.6 Å². The summed E-state index contributed by atoms with van der Waals surface area (Å²) < 4.78 is 79.7. The Morgan fingerprint density at radius 2 is 1.94 bits per heavy atom. The zero-order valence-corrected chi connectivity index (χ0v) is 19.5. The number of sulfonamides is 1. The van der Waals surface area contributed by atoms with E-state index in [4.69, 9.17) is 4.74 Å². The minimum absolute atomic E-state index is 0.00219. The molecule has 0 radical (unpaired) electrons. The number of nitrogens with zero attached hydrogens (tertiary/aromatic N) is 3. The van der Waals surface area contributed by atoms with E-state index in [-0.39, 0.29) is 35.5 Å². The molecular formula is C22H21F3N4O3S2. The van der Waals surface area contributed by atoms with Crippen molar-refractivity contribution in [2.24, 2.45) is 0 Å². The standard InChI is InChI=1S/C22H21F3N4O3S2/c23-15-3-1-14(2-4-15)19-12-22(24,25)8-9-29(19)18-7-10-32-20-11-16(5-6-17(18)20)34(30,31)28-21-26-13-27-33-21/h1-6,11,13,18-19H,7-10,12H2,(H,26,27,28)/t18-,19-/m0/s1. The van der Waals surface area contributed by atoms with Gasteiger partial charge in [-0.3, -0.25) is 9.62 Å². The van der Waals surface area contributed by atoms with Gasteiger partial charge in [-0.2, -0.15) is 4.37 Å². The molecule has 34 heavy (non-hydrogen) atoms. The number of fused-ring (bicyclic) bond motifs is 1. The van der Waals surface area contributed by atoms with Crippen LogP contribution in [0.5, 0.6) is 5.75 Å². The van der Waals surface area contributed by atoms with Crippen molar-refractivity contribution in [2.75, 3.05) is 17.9 Å². The SMILES string of the molecule is O=S(=O)(Nc1ncns1)c1ccc2c(c1)OCC[C@@H]2N1CCC(F)(F)C[C@H]1c1ccc(F)cc1. The fourth-order valence-electron chi connectivity index (χ4n) is 4.57. The van der Waals surface area contributed by atoms with Crippen LogP contribution in [0.25, 0.3) is 0 Å². The Bertz CT molecular complexity index is 1270. The first-order valence-corrected chi connectivity index (χ1v) is 12.9. The van der Waals surface area contributed by atoms with E-state index < -0.39 is 27.8 Å². The van der Waals surface area contributed by atoms with Crippen LogP contribution in [0.15, 0.2) is 53.7 Å². The largest absolute Gasteiger partial charge is 0.493 e. The van der Waals surface area contributed by atoms with Crippen LogP contribution in [0.2, 0.25) is 0 Å². The molecule has 3 aromatic rings. The molecule has 0 saturated carbocycles. The second-order valence-corrected chi connectivity index (χ2v) is 10.8. The molecule has 0 amide bonds. The topological polar surface area (TPSA) is 84.4 Å². The highest BCUT2D eigenvalue weighted by Gasteiger charge is 2.44. The highest BCUT2D eigenvalue weighted by atomic mass is 32.2. The Labute approximate surface area is 198 Å². The molecule has 12 heteroatoms. The van der Waals surface area contributed by atoms with Crippen molar-refractivity contribution in [1.82, 2.24) is 14.3 Å². The first kappa shape index (κ1) is 23.1. The zero-order valence-electron chi connectivity index (χ0n) is 17.8. The first-order valence-electron chi connectivity index (χ1n) is 10.7. The molecule has 180 valence electrons. The van der Waals surface area contributed by atoms with Crippen molar-refractivity contribution in [3.8, 4) is 5.75 Å². The summed E-state index contributed by atoms with van der Waals surface area (Å²) >= 11 is 0.917. The number of anilines is 1. The third-order valence-corrected chi connectivity index (χ3v) is 8.22. The van der Waals surface area contributed by atoms with Gasteiger partial charge in [0.15, 0.2) is 0 Å². The monoisotopic (exact) mass is 510 g/mol. The van der Waals surface area contributed by atoms with Gasteiger partial charge in [0.25, 0.3) is 15.9 Å². The summed E-state index contributed by atoms with van der Waals surface area (Å²) in [5.41, 5.74) is 1.35. The molecule has 0 spiro atoms. The number of piperidine rings is 1. The lowest BCUT2D eigenvalue weighted by Crippen LogP contribution is -2.44. The minimum atomic E-state index is -3.90. The van der Waals surface area contributed by atoms with Gasteiger partial charge >= 0.3 is 0 Å². The maximum Gasteiger partial charge on any atom is 0.263 e. The third-order valence-electron chi connectivity index (χ3n) is 6.17. The number of halogens is 3. The molecule has 1 aromatic heterocycles. The van der Waals surface area contributed by atoms with Crippen LogP contribution in [-0.2, 0) is 10.0 Å². The fraction of sp³-hybridized carbons (Fsp3) is 0.364. The van der Waals surface area contributed by atoms with Gasteiger partial charge in [-0.05, 0) is 23.8 Å². The van der Waals surface area contributed by atoms with Crippen LogP contribution >= 0.6 is 11.5 Å². The maximum absolute atomic E-state index is 14.4. The van der Waals surface area contributed by atoms with E-state index in [9.17, 15) is 21.6 Å². The van der Waals surface area contributed by atoms with E-state index in [0.29, 0.717) is 24.3 Å². The summed E-state index contributed by atoms with van der Waals surface area (Å²) in [4.78, 5) is 5.84. The molecule has 1 fully saturated rings. The molecule has 2 aliphatic heterocycles. The molecule has 0 bridgehead atoms. The van der Waals surface area contributed by atoms with Crippen molar-refractivity contribution in [1.29, 1.82) is 0 Å². The van der Waals surface area contributed by atoms with Crippen LogP contribution in [0, 0.1) is 5.82 Å². The van der Waals surface area contributed by atoms with Crippen molar-refractivity contribution in [2.45, 2.75) is 42.2 Å². The number of aromatic nitrogens is 2. The number of nitrogens with one attached hydrogen (secondary N) is 1. The molecule has 2 aromatic carbocycles. The molecule has 1 saturated heterocycles. The van der Waals surface area contributed by atoms with Crippen LogP contribution < -0.4 is 9.46 Å². The number of alkyl halides is 2. The molecule has 0 unspecified atom stereocenters. The van der Waals surface area contributed by atoms with Gasteiger partial charge in [0.1, 0.15) is 17.9 Å². The summed E-state index contributed by atoms with van der Waals surface area (Å²) in [6.45, 7) is 0.464. The summed E-state index contributed by atoms with van der Waals surface area (Å²) in [5.74, 6) is -2.85. The second kappa shape index (κ2) is 8.82. The fourth-order valence-corrected chi connectivity index (χ4v) is 6.25. The lowest BCUT2D eigenvalue weighted by atomic mass is 9.88. The quantitative estimate of drug-likeness (QED) is 0.532. The second-order valence-electron chi connectivity index (χ2n) is 8.32. The van der Waals surface area contributed by atoms with Crippen molar-refractivity contribution >= 4 is 26.7 Å². The Kier molecular flexibility index (Phi) is 5.98. The molecule has 2 aliphatic rings.